The number of carboxylic acid groups (broad SMARTS) is 1. The van der Waals surface area contributed by atoms with Crippen LogP contribution in [0.5, 0.6) is 0 Å². The molecular formula is C10H10Cl2N2O3. The van der Waals surface area contributed by atoms with E-state index in [1.807, 2.05) is 0 Å². The summed E-state index contributed by atoms with van der Waals surface area (Å²) < 4.78 is 0. The zero-order valence-electron chi connectivity index (χ0n) is 8.91. The number of aliphatic carboxylic acids is 1. The Kier molecular flexibility index (Phi) is 4.72. The van der Waals surface area contributed by atoms with E-state index in [9.17, 15) is 9.59 Å². The first-order valence-electron chi connectivity index (χ1n) is 4.74. The standard InChI is InChI=1S/C10H10Cl2N2O3/c1-5(10(16)17)4-13-9(15)6-2-7(11)14-8(12)3-6/h2-3,5H,4H2,1H3,(H,13,15)(H,16,17). The number of halogens is 2. The summed E-state index contributed by atoms with van der Waals surface area (Å²) in [5, 5.41) is 11.3. The predicted octanol–water partition coefficient (Wildman–Crippen LogP) is 1.84. The van der Waals surface area contributed by atoms with E-state index < -0.39 is 17.8 Å². The third-order valence-corrected chi connectivity index (χ3v) is 2.40. The SMILES string of the molecule is CC(CNC(=O)c1cc(Cl)nc(Cl)c1)C(=O)O. The van der Waals surface area contributed by atoms with Gasteiger partial charge in [0.25, 0.3) is 5.91 Å². The molecule has 7 heteroatoms. The second-order valence-electron chi connectivity index (χ2n) is 3.45. The van der Waals surface area contributed by atoms with Crippen LogP contribution in [0, 0.1) is 5.92 Å². The first kappa shape index (κ1) is 13.7. The predicted molar refractivity (Wildman–Crippen MR) is 63.4 cm³/mol. The maximum absolute atomic E-state index is 11.6. The van der Waals surface area contributed by atoms with Crippen molar-refractivity contribution in [3.63, 3.8) is 0 Å². The van der Waals surface area contributed by atoms with Gasteiger partial charge in [0.05, 0.1) is 5.92 Å². The number of carboxylic acids is 1. The molecule has 0 aliphatic rings. The highest BCUT2D eigenvalue weighted by Crippen LogP contribution is 2.14. The van der Waals surface area contributed by atoms with Gasteiger partial charge in [-0.3, -0.25) is 9.59 Å². The Bertz CT molecular complexity index is 431. The fraction of sp³-hybridized carbons (Fsp3) is 0.300. The van der Waals surface area contributed by atoms with Crippen LogP contribution >= 0.6 is 23.2 Å². The van der Waals surface area contributed by atoms with E-state index >= 15 is 0 Å². The molecule has 0 aliphatic carbocycles. The fourth-order valence-electron chi connectivity index (χ4n) is 1.03. The first-order valence-corrected chi connectivity index (χ1v) is 5.50. The molecule has 0 bridgehead atoms. The largest absolute Gasteiger partial charge is 0.481 e. The highest BCUT2D eigenvalue weighted by Gasteiger charge is 2.14. The Morgan fingerprint density at radius 1 is 1.41 bits per heavy atom. The van der Waals surface area contributed by atoms with Gasteiger partial charge < -0.3 is 10.4 Å². The number of amides is 1. The van der Waals surface area contributed by atoms with Crippen molar-refractivity contribution in [2.75, 3.05) is 6.54 Å². The summed E-state index contributed by atoms with van der Waals surface area (Å²) in [6.45, 7) is 1.53. The van der Waals surface area contributed by atoms with Crippen molar-refractivity contribution in [2.45, 2.75) is 6.92 Å². The molecule has 1 aromatic heterocycles. The Hall–Kier alpha value is -1.33. The molecule has 1 atom stereocenters. The van der Waals surface area contributed by atoms with E-state index in [-0.39, 0.29) is 22.4 Å². The van der Waals surface area contributed by atoms with Crippen LogP contribution in [0.2, 0.25) is 10.3 Å². The summed E-state index contributed by atoms with van der Waals surface area (Å²) in [5.41, 5.74) is 0.243. The summed E-state index contributed by atoms with van der Waals surface area (Å²) in [7, 11) is 0. The molecule has 1 rings (SSSR count). The summed E-state index contributed by atoms with van der Waals surface area (Å²) in [6, 6.07) is 2.71. The maximum atomic E-state index is 11.6. The molecule has 1 unspecified atom stereocenters. The quantitative estimate of drug-likeness (QED) is 0.823. The van der Waals surface area contributed by atoms with Crippen LogP contribution in [0.25, 0.3) is 0 Å². The van der Waals surface area contributed by atoms with Crippen molar-refractivity contribution >= 4 is 35.1 Å². The molecule has 0 radical (unpaired) electrons. The Labute approximate surface area is 108 Å². The lowest BCUT2D eigenvalue weighted by molar-refractivity contribution is -0.140. The van der Waals surface area contributed by atoms with Gasteiger partial charge in [0.1, 0.15) is 10.3 Å². The van der Waals surface area contributed by atoms with E-state index in [4.69, 9.17) is 28.3 Å². The zero-order chi connectivity index (χ0) is 13.0. The van der Waals surface area contributed by atoms with Crippen LogP contribution in [0.4, 0.5) is 0 Å². The zero-order valence-corrected chi connectivity index (χ0v) is 10.4. The average molecular weight is 277 g/mol. The van der Waals surface area contributed by atoms with Crippen LogP contribution in [0.3, 0.4) is 0 Å². The molecular weight excluding hydrogens is 267 g/mol. The van der Waals surface area contributed by atoms with Crippen LogP contribution < -0.4 is 5.32 Å². The minimum absolute atomic E-state index is 0.0335. The highest BCUT2D eigenvalue weighted by atomic mass is 35.5. The second kappa shape index (κ2) is 5.84. The summed E-state index contributed by atoms with van der Waals surface area (Å²) in [5.74, 6) is -2.08. The third-order valence-electron chi connectivity index (χ3n) is 2.02. The molecule has 17 heavy (non-hydrogen) atoms. The minimum atomic E-state index is -0.976. The summed E-state index contributed by atoms with van der Waals surface area (Å²) in [6.07, 6.45) is 0. The molecule has 2 N–H and O–H groups in total. The lowest BCUT2D eigenvalue weighted by atomic mass is 10.2. The molecule has 5 nitrogen and oxygen atoms in total. The van der Waals surface area contributed by atoms with Gasteiger partial charge in [0.2, 0.25) is 0 Å². The van der Waals surface area contributed by atoms with Gasteiger partial charge >= 0.3 is 5.97 Å². The van der Waals surface area contributed by atoms with E-state index in [2.05, 4.69) is 10.3 Å². The lowest BCUT2D eigenvalue weighted by Gasteiger charge is -2.08. The van der Waals surface area contributed by atoms with Crippen molar-refractivity contribution in [3.8, 4) is 0 Å². The second-order valence-corrected chi connectivity index (χ2v) is 4.23. The Balaban J connectivity index is 2.67. The average Bonchev–Trinajstić information content (AvgIpc) is 2.23. The molecule has 1 heterocycles. The number of carbonyl (C=O) groups is 2. The maximum Gasteiger partial charge on any atom is 0.308 e. The number of rotatable bonds is 4. The smallest absolute Gasteiger partial charge is 0.308 e. The van der Waals surface area contributed by atoms with Crippen molar-refractivity contribution in [1.29, 1.82) is 0 Å². The van der Waals surface area contributed by atoms with E-state index in [0.29, 0.717) is 0 Å². The molecule has 1 aromatic rings. The van der Waals surface area contributed by atoms with Gasteiger partial charge in [-0.2, -0.15) is 0 Å². The van der Waals surface area contributed by atoms with Gasteiger partial charge in [0.15, 0.2) is 0 Å². The number of nitrogens with one attached hydrogen (secondary N) is 1. The molecule has 0 fully saturated rings. The third kappa shape index (κ3) is 4.20. The first-order chi connectivity index (χ1) is 7.90. The van der Waals surface area contributed by atoms with Gasteiger partial charge in [-0.15, -0.1) is 0 Å². The van der Waals surface area contributed by atoms with E-state index in [1.54, 1.807) is 0 Å². The minimum Gasteiger partial charge on any atom is -0.481 e. The monoisotopic (exact) mass is 276 g/mol. The number of carbonyl (C=O) groups excluding carboxylic acids is 1. The highest BCUT2D eigenvalue weighted by molar-refractivity contribution is 6.33. The van der Waals surface area contributed by atoms with Crippen molar-refractivity contribution < 1.29 is 14.7 Å². The Morgan fingerprint density at radius 3 is 2.41 bits per heavy atom. The fourth-order valence-corrected chi connectivity index (χ4v) is 1.49. The number of pyridine rings is 1. The van der Waals surface area contributed by atoms with Gasteiger partial charge in [-0.1, -0.05) is 30.1 Å². The van der Waals surface area contributed by atoms with Crippen molar-refractivity contribution in [1.82, 2.24) is 10.3 Å². The normalized spacial score (nSPS) is 11.9. The van der Waals surface area contributed by atoms with Gasteiger partial charge in [-0.05, 0) is 12.1 Å². The molecule has 0 saturated carbocycles. The van der Waals surface area contributed by atoms with Crippen LogP contribution in [0.1, 0.15) is 17.3 Å². The topological polar surface area (TPSA) is 79.3 Å². The van der Waals surface area contributed by atoms with Crippen molar-refractivity contribution in [3.05, 3.63) is 28.0 Å². The molecule has 92 valence electrons. The summed E-state index contributed by atoms with van der Waals surface area (Å²) >= 11 is 11.3. The number of hydrogen-bond donors (Lipinski definition) is 2. The number of aromatic nitrogens is 1. The summed E-state index contributed by atoms with van der Waals surface area (Å²) in [4.78, 5) is 25.9. The molecule has 0 aliphatic heterocycles. The van der Waals surface area contributed by atoms with Crippen LogP contribution in [-0.4, -0.2) is 28.5 Å². The van der Waals surface area contributed by atoms with E-state index in [1.165, 1.54) is 19.1 Å². The van der Waals surface area contributed by atoms with Gasteiger partial charge in [-0.25, -0.2) is 4.98 Å². The Morgan fingerprint density at radius 2 is 1.94 bits per heavy atom. The molecule has 0 saturated heterocycles. The van der Waals surface area contributed by atoms with Crippen LogP contribution in [0.15, 0.2) is 12.1 Å². The van der Waals surface area contributed by atoms with Crippen molar-refractivity contribution in [2.24, 2.45) is 5.92 Å². The molecule has 1 amide bonds. The number of hydrogen-bond acceptors (Lipinski definition) is 3. The van der Waals surface area contributed by atoms with E-state index in [0.717, 1.165) is 0 Å². The molecule has 0 spiro atoms. The van der Waals surface area contributed by atoms with Crippen LogP contribution in [-0.2, 0) is 4.79 Å². The lowest BCUT2D eigenvalue weighted by Crippen LogP contribution is -2.31. The number of nitrogens with zero attached hydrogens (tertiary/aromatic N) is 1. The van der Waals surface area contributed by atoms with Gasteiger partial charge in [0, 0.05) is 12.1 Å². The molecule has 0 aromatic carbocycles.